The van der Waals surface area contributed by atoms with E-state index in [1.54, 1.807) is 0 Å². The van der Waals surface area contributed by atoms with E-state index in [-0.39, 0.29) is 17.7 Å². The molecule has 0 radical (unpaired) electrons. The molecule has 1 fully saturated rings. The van der Waals surface area contributed by atoms with Crippen LogP contribution in [0.5, 0.6) is 0 Å². The SMILES string of the molecule is CC(Cc1c[nH]c2ccccc12)C(=O)NCCCN1CCCC1=O. The van der Waals surface area contributed by atoms with E-state index in [1.165, 1.54) is 10.9 Å². The maximum Gasteiger partial charge on any atom is 0.223 e. The summed E-state index contributed by atoms with van der Waals surface area (Å²) in [5.41, 5.74) is 2.28. The van der Waals surface area contributed by atoms with Crippen LogP contribution < -0.4 is 5.32 Å². The summed E-state index contributed by atoms with van der Waals surface area (Å²) < 4.78 is 0. The van der Waals surface area contributed by atoms with Crippen LogP contribution >= 0.6 is 0 Å². The molecule has 1 saturated heterocycles. The van der Waals surface area contributed by atoms with Crippen LogP contribution in [0, 0.1) is 5.92 Å². The molecule has 2 heterocycles. The third-order valence-electron chi connectivity index (χ3n) is 4.72. The summed E-state index contributed by atoms with van der Waals surface area (Å²) >= 11 is 0. The number of H-pyrrole nitrogens is 1. The van der Waals surface area contributed by atoms with Crippen LogP contribution in [0.1, 0.15) is 31.7 Å². The van der Waals surface area contributed by atoms with Gasteiger partial charge in [0.1, 0.15) is 0 Å². The fourth-order valence-electron chi connectivity index (χ4n) is 3.32. The summed E-state index contributed by atoms with van der Waals surface area (Å²) in [6.45, 7) is 4.20. The number of benzene rings is 1. The summed E-state index contributed by atoms with van der Waals surface area (Å²) in [4.78, 5) is 28.9. The number of amides is 2. The molecule has 1 aliphatic rings. The van der Waals surface area contributed by atoms with Crippen molar-refractivity contribution in [1.82, 2.24) is 15.2 Å². The van der Waals surface area contributed by atoms with Crippen LogP contribution in [0.3, 0.4) is 0 Å². The molecule has 1 aromatic carbocycles. The van der Waals surface area contributed by atoms with Gasteiger partial charge >= 0.3 is 0 Å². The van der Waals surface area contributed by atoms with Gasteiger partial charge in [-0.25, -0.2) is 0 Å². The molecule has 5 heteroatoms. The Hall–Kier alpha value is -2.30. The standard InChI is InChI=1S/C19H25N3O2/c1-14(12-15-13-21-17-7-3-2-6-16(15)17)19(24)20-9-5-11-22-10-4-8-18(22)23/h2-3,6-7,13-14,21H,4-5,8-12H2,1H3,(H,20,24). The fraction of sp³-hybridized carbons (Fsp3) is 0.474. The predicted octanol–water partition coefficient (Wildman–Crippen LogP) is 2.48. The molecule has 2 amide bonds. The third-order valence-corrected chi connectivity index (χ3v) is 4.72. The van der Waals surface area contributed by atoms with Gasteiger partial charge in [0.2, 0.25) is 11.8 Å². The second-order valence-corrected chi connectivity index (χ2v) is 6.59. The maximum atomic E-state index is 12.3. The van der Waals surface area contributed by atoms with Crippen molar-refractivity contribution in [3.05, 3.63) is 36.0 Å². The largest absolute Gasteiger partial charge is 0.361 e. The zero-order valence-corrected chi connectivity index (χ0v) is 14.2. The van der Waals surface area contributed by atoms with Gasteiger partial charge in [-0.15, -0.1) is 0 Å². The molecule has 24 heavy (non-hydrogen) atoms. The highest BCUT2D eigenvalue weighted by Crippen LogP contribution is 2.20. The Morgan fingerprint density at radius 2 is 2.21 bits per heavy atom. The van der Waals surface area contributed by atoms with E-state index in [1.807, 2.05) is 36.2 Å². The van der Waals surface area contributed by atoms with Gasteiger partial charge in [0.05, 0.1) is 0 Å². The molecular formula is C19H25N3O2. The van der Waals surface area contributed by atoms with E-state index in [9.17, 15) is 9.59 Å². The van der Waals surface area contributed by atoms with Crippen LogP contribution in [0.2, 0.25) is 0 Å². The molecule has 1 unspecified atom stereocenters. The van der Waals surface area contributed by atoms with Gasteiger partial charge in [-0.2, -0.15) is 0 Å². The van der Waals surface area contributed by atoms with Gasteiger partial charge in [-0.3, -0.25) is 9.59 Å². The number of hydrogen-bond donors (Lipinski definition) is 2. The third kappa shape index (κ3) is 3.78. The number of carbonyl (C=O) groups excluding carboxylic acids is 2. The van der Waals surface area contributed by atoms with Gasteiger partial charge in [-0.05, 0) is 30.9 Å². The van der Waals surface area contributed by atoms with Gasteiger partial charge in [-0.1, -0.05) is 25.1 Å². The average molecular weight is 327 g/mol. The first-order valence-corrected chi connectivity index (χ1v) is 8.75. The topological polar surface area (TPSA) is 65.2 Å². The summed E-state index contributed by atoms with van der Waals surface area (Å²) in [5, 5.41) is 4.18. The van der Waals surface area contributed by atoms with Crippen molar-refractivity contribution in [3.8, 4) is 0 Å². The van der Waals surface area contributed by atoms with E-state index in [0.29, 0.717) is 13.0 Å². The zero-order chi connectivity index (χ0) is 16.9. The maximum absolute atomic E-state index is 12.3. The Morgan fingerprint density at radius 3 is 3.00 bits per heavy atom. The Balaban J connectivity index is 1.44. The smallest absolute Gasteiger partial charge is 0.223 e. The van der Waals surface area contributed by atoms with Gasteiger partial charge in [0, 0.05) is 49.1 Å². The van der Waals surface area contributed by atoms with Gasteiger partial charge in [0.15, 0.2) is 0 Å². The minimum Gasteiger partial charge on any atom is -0.361 e. The lowest BCUT2D eigenvalue weighted by molar-refractivity contribution is -0.127. The average Bonchev–Trinajstić information content (AvgIpc) is 3.18. The first-order valence-electron chi connectivity index (χ1n) is 8.75. The molecule has 128 valence electrons. The molecular weight excluding hydrogens is 302 g/mol. The van der Waals surface area contributed by atoms with Crippen molar-refractivity contribution in [1.29, 1.82) is 0 Å². The molecule has 0 aliphatic carbocycles. The number of hydrogen-bond acceptors (Lipinski definition) is 2. The normalized spacial score (nSPS) is 15.9. The minimum absolute atomic E-state index is 0.0716. The van der Waals surface area contributed by atoms with E-state index in [4.69, 9.17) is 0 Å². The number of carbonyl (C=O) groups is 2. The minimum atomic E-state index is -0.0716. The van der Waals surface area contributed by atoms with E-state index < -0.39 is 0 Å². The highest BCUT2D eigenvalue weighted by Gasteiger charge is 2.19. The number of fused-ring (bicyclic) bond motifs is 1. The molecule has 5 nitrogen and oxygen atoms in total. The zero-order valence-electron chi connectivity index (χ0n) is 14.2. The highest BCUT2D eigenvalue weighted by atomic mass is 16.2. The lowest BCUT2D eigenvalue weighted by atomic mass is 10.00. The van der Waals surface area contributed by atoms with Crippen LogP contribution in [-0.2, 0) is 16.0 Å². The van der Waals surface area contributed by atoms with E-state index in [2.05, 4.69) is 16.4 Å². The van der Waals surface area contributed by atoms with Crippen LogP contribution in [0.15, 0.2) is 30.5 Å². The van der Waals surface area contributed by atoms with Gasteiger partial charge < -0.3 is 15.2 Å². The highest BCUT2D eigenvalue weighted by molar-refractivity contribution is 5.84. The quantitative estimate of drug-likeness (QED) is 0.767. The number of aromatic amines is 1. The summed E-state index contributed by atoms with van der Waals surface area (Å²) in [5.74, 6) is 0.250. The lowest BCUT2D eigenvalue weighted by Crippen LogP contribution is -2.33. The molecule has 0 spiro atoms. The van der Waals surface area contributed by atoms with Crippen LogP contribution in [0.25, 0.3) is 10.9 Å². The summed E-state index contributed by atoms with van der Waals surface area (Å²) in [6.07, 6.45) is 5.17. The van der Waals surface area contributed by atoms with E-state index in [0.717, 1.165) is 37.9 Å². The molecule has 1 aliphatic heterocycles. The summed E-state index contributed by atoms with van der Waals surface area (Å²) in [6, 6.07) is 8.15. The molecule has 2 N–H and O–H groups in total. The molecule has 1 aromatic heterocycles. The van der Waals surface area contributed by atoms with E-state index >= 15 is 0 Å². The number of nitrogens with one attached hydrogen (secondary N) is 2. The Labute approximate surface area is 142 Å². The van der Waals surface area contributed by atoms with Crippen molar-refractivity contribution in [2.45, 2.75) is 32.6 Å². The second kappa shape index (κ2) is 7.51. The molecule has 1 atom stereocenters. The van der Waals surface area contributed by atoms with Gasteiger partial charge in [0.25, 0.3) is 0 Å². The van der Waals surface area contributed by atoms with Crippen molar-refractivity contribution < 1.29 is 9.59 Å². The van der Waals surface area contributed by atoms with Crippen molar-refractivity contribution >= 4 is 22.7 Å². The first kappa shape index (κ1) is 16.6. The molecule has 0 bridgehead atoms. The number of likely N-dealkylation sites (tertiary alicyclic amines) is 1. The predicted molar refractivity (Wildman–Crippen MR) is 94.6 cm³/mol. The number of rotatable bonds is 7. The number of aromatic nitrogens is 1. The lowest BCUT2D eigenvalue weighted by Gasteiger charge is -2.16. The Kier molecular flexibility index (Phi) is 5.18. The molecule has 0 saturated carbocycles. The number of para-hydroxylation sites is 1. The van der Waals surface area contributed by atoms with Crippen LogP contribution in [-0.4, -0.2) is 41.3 Å². The Bertz CT molecular complexity index is 722. The van der Waals surface area contributed by atoms with Crippen molar-refractivity contribution in [3.63, 3.8) is 0 Å². The second-order valence-electron chi connectivity index (χ2n) is 6.59. The van der Waals surface area contributed by atoms with Crippen molar-refractivity contribution in [2.24, 2.45) is 5.92 Å². The Morgan fingerprint density at radius 1 is 1.38 bits per heavy atom. The first-order chi connectivity index (χ1) is 11.6. The molecule has 2 aromatic rings. The summed E-state index contributed by atoms with van der Waals surface area (Å²) in [7, 11) is 0. The fourth-order valence-corrected chi connectivity index (χ4v) is 3.32. The monoisotopic (exact) mass is 327 g/mol. The molecule has 3 rings (SSSR count). The van der Waals surface area contributed by atoms with Crippen LogP contribution in [0.4, 0.5) is 0 Å². The van der Waals surface area contributed by atoms with Crippen molar-refractivity contribution in [2.75, 3.05) is 19.6 Å². The number of nitrogens with zero attached hydrogens (tertiary/aromatic N) is 1.